The van der Waals surface area contributed by atoms with E-state index in [0.29, 0.717) is 29.3 Å². The quantitative estimate of drug-likeness (QED) is 0.507. The Labute approximate surface area is 185 Å². The van der Waals surface area contributed by atoms with Gasteiger partial charge in [-0.1, -0.05) is 19.1 Å². The second-order valence-electron chi connectivity index (χ2n) is 7.19. The average molecular weight is 452 g/mol. The van der Waals surface area contributed by atoms with E-state index in [1.54, 1.807) is 30.3 Å². The van der Waals surface area contributed by atoms with Crippen molar-refractivity contribution in [2.24, 2.45) is 0 Å². The zero-order valence-corrected chi connectivity index (χ0v) is 18.0. The number of fused-ring (bicyclic) bond motifs is 2. The Morgan fingerprint density at radius 1 is 0.969 bits per heavy atom. The van der Waals surface area contributed by atoms with E-state index in [-0.39, 0.29) is 22.1 Å². The molecule has 3 aromatic rings. The first-order chi connectivity index (χ1) is 15.4. The van der Waals surface area contributed by atoms with Crippen molar-refractivity contribution < 1.29 is 22.7 Å². The number of anilines is 3. The molecule has 0 aromatic heterocycles. The summed E-state index contributed by atoms with van der Waals surface area (Å²) >= 11 is 0. The molecule has 1 aliphatic heterocycles. The highest BCUT2D eigenvalue weighted by Gasteiger charge is 2.22. The Balaban J connectivity index is 1.54. The minimum Gasteiger partial charge on any atom is -0.454 e. The van der Waals surface area contributed by atoms with Crippen LogP contribution in [0.2, 0.25) is 0 Å². The lowest BCUT2D eigenvalue weighted by molar-refractivity contribution is -0.116. The molecule has 0 unspecified atom stereocenters. The Kier molecular flexibility index (Phi) is 5.83. The number of carbonyl (C=O) groups is 2. The van der Waals surface area contributed by atoms with Crippen molar-refractivity contribution in [3.63, 3.8) is 0 Å². The summed E-state index contributed by atoms with van der Waals surface area (Å²) in [6.07, 6.45) is 1.11. The Bertz CT molecular complexity index is 1290. The van der Waals surface area contributed by atoms with Gasteiger partial charge in [0.25, 0.3) is 15.9 Å². The van der Waals surface area contributed by atoms with E-state index in [4.69, 9.17) is 4.74 Å². The second kappa shape index (κ2) is 8.72. The van der Waals surface area contributed by atoms with Crippen molar-refractivity contribution in [2.75, 3.05) is 15.4 Å². The molecule has 1 heterocycles. The van der Waals surface area contributed by atoms with Gasteiger partial charge in [0, 0.05) is 17.8 Å². The maximum absolute atomic E-state index is 12.8. The average Bonchev–Trinajstić information content (AvgIpc) is 2.90. The molecule has 3 N–H and O–H groups in total. The number of hydrogen-bond acceptors (Lipinski definition) is 5. The van der Waals surface area contributed by atoms with Gasteiger partial charge in [-0.05, 0) is 61.0 Å². The largest absolute Gasteiger partial charge is 0.454 e. The molecular weight excluding hydrogens is 430 g/mol. The lowest BCUT2D eigenvalue weighted by Crippen LogP contribution is -2.15. The summed E-state index contributed by atoms with van der Waals surface area (Å²) < 4.78 is 33.9. The highest BCUT2D eigenvalue weighted by molar-refractivity contribution is 7.92. The standard InChI is InChI=1S/C23H21N3O5S/c1-2-5-22(27)24-15-8-11-17(12-9-15)32(29,30)26-16-10-13-20-18(14-16)23(28)25-19-6-3-4-7-21(19)31-20/h3-4,6-14,26H,2,5H2,1H3,(H,24,27)(H,25,28). The minimum atomic E-state index is -3.91. The number of benzene rings is 3. The number of rotatable bonds is 6. The van der Waals surface area contributed by atoms with E-state index < -0.39 is 15.9 Å². The van der Waals surface area contributed by atoms with Gasteiger partial charge in [-0.15, -0.1) is 0 Å². The molecule has 1 aliphatic rings. The highest BCUT2D eigenvalue weighted by atomic mass is 32.2. The molecule has 0 bridgehead atoms. The van der Waals surface area contributed by atoms with Crippen molar-refractivity contribution in [1.29, 1.82) is 0 Å². The van der Waals surface area contributed by atoms with Crippen LogP contribution in [0.25, 0.3) is 0 Å². The molecule has 0 saturated carbocycles. The van der Waals surface area contributed by atoms with Gasteiger partial charge in [-0.3, -0.25) is 14.3 Å². The van der Waals surface area contributed by atoms with E-state index in [0.717, 1.165) is 6.42 Å². The molecule has 4 rings (SSSR count). The molecule has 0 spiro atoms. The molecule has 0 aliphatic carbocycles. The molecule has 9 heteroatoms. The first kappa shape index (κ1) is 21.4. The van der Waals surface area contributed by atoms with E-state index in [1.165, 1.54) is 36.4 Å². The normalized spacial score (nSPS) is 12.5. The van der Waals surface area contributed by atoms with Crippen LogP contribution in [0, 0.1) is 0 Å². The fourth-order valence-corrected chi connectivity index (χ4v) is 4.26. The first-order valence-corrected chi connectivity index (χ1v) is 11.5. The third kappa shape index (κ3) is 4.57. The first-order valence-electron chi connectivity index (χ1n) is 10.0. The number of amides is 2. The summed E-state index contributed by atoms with van der Waals surface area (Å²) in [6, 6.07) is 17.4. The summed E-state index contributed by atoms with van der Waals surface area (Å²) in [4.78, 5) is 24.3. The summed E-state index contributed by atoms with van der Waals surface area (Å²) in [6.45, 7) is 1.90. The van der Waals surface area contributed by atoms with E-state index in [9.17, 15) is 18.0 Å². The lowest BCUT2D eigenvalue weighted by Gasteiger charge is -2.12. The zero-order valence-electron chi connectivity index (χ0n) is 17.2. The van der Waals surface area contributed by atoms with Gasteiger partial charge in [0.05, 0.1) is 16.1 Å². The van der Waals surface area contributed by atoms with E-state index in [2.05, 4.69) is 15.4 Å². The predicted molar refractivity (Wildman–Crippen MR) is 122 cm³/mol. The van der Waals surface area contributed by atoms with E-state index >= 15 is 0 Å². The molecular formula is C23H21N3O5S. The SMILES string of the molecule is CCCC(=O)Nc1ccc(S(=O)(=O)Nc2ccc3c(c2)C(=O)Nc2ccccc2O3)cc1. The van der Waals surface area contributed by atoms with Crippen LogP contribution in [0.4, 0.5) is 17.1 Å². The van der Waals surface area contributed by atoms with Crippen molar-refractivity contribution in [3.05, 3.63) is 72.3 Å². The van der Waals surface area contributed by atoms with Gasteiger partial charge in [0.15, 0.2) is 5.75 Å². The molecule has 8 nitrogen and oxygen atoms in total. The van der Waals surface area contributed by atoms with Crippen molar-refractivity contribution in [2.45, 2.75) is 24.7 Å². The smallest absolute Gasteiger partial charge is 0.261 e. The van der Waals surface area contributed by atoms with Crippen LogP contribution in [-0.2, 0) is 14.8 Å². The van der Waals surface area contributed by atoms with Crippen LogP contribution >= 0.6 is 0 Å². The Morgan fingerprint density at radius 2 is 1.69 bits per heavy atom. The van der Waals surface area contributed by atoms with Gasteiger partial charge in [-0.2, -0.15) is 0 Å². The molecule has 32 heavy (non-hydrogen) atoms. The molecule has 0 radical (unpaired) electrons. The highest BCUT2D eigenvalue weighted by Crippen LogP contribution is 2.36. The molecule has 3 aromatic carbocycles. The molecule has 0 saturated heterocycles. The molecule has 164 valence electrons. The number of sulfonamides is 1. The lowest BCUT2D eigenvalue weighted by atomic mass is 10.1. The molecule has 0 fully saturated rings. The minimum absolute atomic E-state index is 0.0223. The fourth-order valence-electron chi connectivity index (χ4n) is 3.21. The number of hydrogen-bond donors (Lipinski definition) is 3. The van der Waals surface area contributed by atoms with Crippen LogP contribution in [0.3, 0.4) is 0 Å². The summed E-state index contributed by atoms with van der Waals surface area (Å²) in [5.41, 5.74) is 1.46. The van der Waals surface area contributed by atoms with Gasteiger partial charge >= 0.3 is 0 Å². The van der Waals surface area contributed by atoms with Crippen LogP contribution in [-0.4, -0.2) is 20.2 Å². The maximum Gasteiger partial charge on any atom is 0.261 e. The van der Waals surface area contributed by atoms with Crippen molar-refractivity contribution in [1.82, 2.24) is 0 Å². The number of para-hydroxylation sites is 2. The van der Waals surface area contributed by atoms with Gasteiger partial charge in [0.2, 0.25) is 5.91 Å². The second-order valence-corrected chi connectivity index (χ2v) is 8.87. The number of ether oxygens (including phenoxy) is 1. The third-order valence-corrected chi connectivity index (χ3v) is 6.15. The molecule has 0 atom stereocenters. The predicted octanol–water partition coefficient (Wildman–Crippen LogP) is 4.58. The monoisotopic (exact) mass is 451 g/mol. The topological polar surface area (TPSA) is 114 Å². The number of carbonyl (C=O) groups excluding carboxylic acids is 2. The summed E-state index contributed by atoms with van der Waals surface area (Å²) in [5, 5.41) is 5.47. The Morgan fingerprint density at radius 3 is 2.44 bits per heavy atom. The summed E-state index contributed by atoms with van der Waals surface area (Å²) in [7, 11) is -3.91. The van der Waals surface area contributed by atoms with Gasteiger partial charge < -0.3 is 15.4 Å². The molecule has 2 amide bonds. The third-order valence-electron chi connectivity index (χ3n) is 4.76. The van der Waals surface area contributed by atoms with Crippen LogP contribution in [0.5, 0.6) is 11.5 Å². The maximum atomic E-state index is 12.8. The fraction of sp³-hybridized carbons (Fsp3) is 0.130. The summed E-state index contributed by atoms with van der Waals surface area (Å²) in [5.74, 6) is 0.286. The van der Waals surface area contributed by atoms with Crippen LogP contribution < -0.4 is 20.1 Å². The van der Waals surface area contributed by atoms with E-state index in [1.807, 2.05) is 6.92 Å². The Hall–Kier alpha value is -3.85. The zero-order chi connectivity index (χ0) is 22.7. The van der Waals surface area contributed by atoms with Gasteiger partial charge in [0.1, 0.15) is 5.75 Å². The van der Waals surface area contributed by atoms with Crippen LogP contribution in [0.1, 0.15) is 30.1 Å². The van der Waals surface area contributed by atoms with Crippen molar-refractivity contribution in [3.8, 4) is 11.5 Å². The number of nitrogens with one attached hydrogen (secondary N) is 3. The van der Waals surface area contributed by atoms with Crippen LogP contribution in [0.15, 0.2) is 71.6 Å². The van der Waals surface area contributed by atoms with Crippen molar-refractivity contribution >= 4 is 38.9 Å². The van der Waals surface area contributed by atoms with Gasteiger partial charge in [-0.25, -0.2) is 8.42 Å².